The summed E-state index contributed by atoms with van der Waals surface area (Å²) in [6.07, 6.45) is 0. The molecule has 104 valence electrons. The van der Waals surface area contributed by atoms with Crippen molar-refractivity contribution in [3.05, 3.63) is 59.1 Å². The molecule has 0 heterocycles. The van der Waals surface area contributed by atoms with E-state index in [1.54, 1.807) is 24.3 Å². The van der Waals surface area contributed by atoms with Crippen LogP contribution in [0.25, 0.3) is 0 Å². The van der Waals surface area contributed by atoms with Gasteiger partial charge in [-0.05, 0) is 36.4 Å². The number of carbonyl (C=O) groups is 1. The monoisotopic (exact) mass is 292 g/mol. The molecule has 5 heteroatoms. The molecular weight excluding hydrogens is 280 g/mol. The molecule has 0 saturated carbocycles. The van der Waals surface area contributed by atoms with Crippen LogP contribution in [0.4, 0.5) is 0 Å². The van der Waals surface area contributed by atoms with Crippen LogP contribution in [0.15, 0.2) is 48.5 Å². The molecule has 0 aromatic heterocycles. The average Bonchev–Trinajstić information content (AvgIpc) is 2.46. The number of para-hydroxylation sites is 1. The maximum absolute atomic E-state index is 10.7. The highest BCUT2D eigenvalue weighted by atomic mass is 35.5. The Labute approximate surface area is 121 Å². The third-order valence-electron chi connectivity index (χ3n) is 2.55. The van der Waals surface area contributed by atoms with Gasteiger partial charge in [0.2, 0.25) is 0 Å². The summed E-state index contributed by atoms with van der Waals surface area (Å²) in [4.78, 5) is 10.7. The summed E-state index contributed by atoms with van der Waals surface area (Å²) in [5, 5.41) is 9.32. The summed E-state index contributed by atoms with van der Waals surface area (Å²) in [5.41, 5.74) is 0.227. The highest BCUT2D eigenvalue weighted by Crippen LogP contribution is 2.22. The van der Waals surface area contributed by atoms with Crippen LogP contribution in [0, 0.1) is 0 Å². The third-order valence-corrected chi connectivity index (χ3v) is 2.86. The fourth-order valence-electron chi connectivity index (χ4n) is 1.57. The Morgan fingerprint density at radius 3 is 2.30 bits per heavy atom. The number of ether oxygens (including phenoxy) is 2. The Kier molecular flexibility index (Phi) is 4.85. The van der Waals surface area contributed by atoms with Crippen molar-refractivity contribution < 1.29 is 19.4 Å². The molecule has 0 saturated heterocycles. The second kappa shape index (κ2) is 6.82. The first-order valence-corrected chi connectivity index (χ1v) is 6.38. The van der Waals surface area contributed by atoms with Gasteiger partial charge in [-0.15, -0.1) is 0 Å². The molecule has 1 N–H and O–H groups in total. The number of carboxylic acids is 1. The molecule has 20 heavy (non-hydrogen) atoms. The summed E-state index contributed by atoms with van der Waals surface area (Å²) in [7, 11) is 0. The zero-order valence-electron chi connectivity index (χ0n) is 10.6. The first kappa shape index (κ1) is 14.2. The Morgan fingerprint density at radius 1 is 1.00 bits per heavy atom. The molecule has 4 nitrogen and oxygen atoms in total. The lowest BCUT2D eigenvalue weighted by atomic mass is 10.2. The van der Waals surface area contributed by atoms with E-state index in [-0.39, 0.29) is 5.56 Å². The van der Waals surface area contributed by atoms with Crippen LogP contribution in [-0.4, -0.2) is 24.3 Å². The number of benzene rings is 2. The maximum atomic E-state index is 10.7. The molecule has 0 spiro atoms. The van der Waals surface area contributed by atoms with Gasteiger partial charge in [0.1, 0.15) is 24.7 Å². The van der Waals surface area contributed by atoms with Gasteiger partial charge >= 0.3 is 5.97 Å². The predicted molar refractivity (Wildman–Crippen MR) is 75.8 cm³/mol. The topological polar surface area (TPSA) is 55.8 Å². The number of rotatable bonds is 6. The van der Waals surface area contributed by atoms with Crippen molar-refractivity contribution in [1.82, 2.24) is 0 Å². The molecule has 0 amide bonds. The van der Waals surface area contributed by atoms with Gasteiger partial charge in [0.25, 0.3) is 0 Å². The summed E-state index contributed by atoms with van der Waals surface area (Å²) in [5.74, 6) is 0.246. The number of hydrogen-bond donors (Lipinski definition) is 1. The average molecular weight is 293 g/mol. The molecule has 2 aromatic rings. The predicted octanol–water partition coefficient (Wildman–Crippen LogP) is 3.50. The van der Waals surface area contributed by atoms with E-state index < -0.39 is 5.97 Å². The van der Waals surface area contributed by atoms with Crippen LogP contribution >= 0.6 is 11.6 Å². The van der Waals surface area contributed by atoms with Crippen LogP contribution < -0.4 is 9.47 Å². The van der Waals surface area contributed by atoms with E-state index in [0.29, 0.717) is 29.7 Å². The molecule has 2 rings (SSSR count). The normalized spacial score (nSPS) is 10.1. The van der Waals surface area contributed by atoms with Crippen molar-refractivity contribution in [1.29, 1.82) is 0 Å². The first-order valence-electron chi connectivity index (χ1n) is 6.00. The second-order valence-corrected chi connectivity index (χ2v) is 4.36. The van der Waals surface area contributed by atoms with Crippen molar-refractivity contribution in [3.63, 3.8) is 0 Å². The summed E-state index contributed by atoms with van der Waals surface area (Å²) in [6.45, 7) is 0.696. The SMILES string of the molecule is O=C(O)c1ccc(OCCOc2ccccc2Cl)cc1. The molecular formula is C15H13ClO4. The molecule has 0 fully saturated rings. The van der Waals surface area contributed by atoms with Crippen LogP contribution in [0.1, 0.15) is 10.4 Å². The van der Waals surface area contributed by atoms with Crippen molar-refractivity contribution in [2.45, 2.75) is 0 Å². The molecule has 0 aliphatic rings. The van der Waals surface area contributed by atoms with E-state index in [4.69, 9.17) is 26.2 Å². The van der Waals surface area contributed by atoms with Gasteiger partial charge in [-0.2, -0.15) is 0 Å². The van der Waals surface area contributed by atoms with Gasteiger partial charge in [-0.1, -0.05) is 23.7 Å². The van der Waals surface area contributed by atoms with Gasteiger partial charge in [0.05, 0.1) is 10.6 Å². The Hall–Kier alpha value is -2.20. The minimum absolute atomic E-state index is 0.227. The Morgan fingerprint density at radius 2 is 1.65 bits per heavy atom. The van der Waals surface area contributed by atoms with Crippen LogP contribution in [-0.2, 0) is 0 Å². The third kappa shape index (κ3) is 3.90. The quantitative estimate of drug-likeness (QED) is 0.828. The van der Waals surface area contributed by atoms with E-state index >= 15 is 0 Å². The molecule has 2 aromatic carbocycles. The van der Waals surface area contributed by atoms with Gasteiger partial charge in [-0.3, -0.25) is 0 Å². The number of halogens is 1. The molecule has 0 atom stereocenters. The lowest BCUT2D eigenvalue weighted by Gasteiger charge is -2.09. The van der Waals surface area contributed by atoms with Gasteiger partial charge < -0.3 is 14.6 Å². The van der Waals surface area contributed by atoms with Crippen LogP contribution in [0.3, 0.4) is 0 Å². The summed E-state index contributed by atoms with van der Waals surface area (Å²) >= 11 is 5.95. The molecule has 0 aliphatic carbocycles. The molecule has 0 aliphatic heterocycles. The Bertz CT molecular complexity index is 581. The summed E-state index contributed by atoms with van der Waals surface area (Å²) < 4.78 is 10.9. The minimum Gasteiger partial charge on any atom is -0.490 e. The van der Waals surface area contributed by atoms with Crippen molar-refractivity contribution in [3.8, 4) is 11.5 Å². The molecule has 0 radical (unpaired) electrons. The van der Waals surface area contributed by atoms with E-state index in [2.05, 4.69) is 0 Å². The fraction of sp³-hybridized carbons (Fsp3) is 0.133. The number of hydrogen-bond acceptors (Lipinski definition) is 3. The van der Waals surface area contributed by atoms with Gasteiger partial charge in [0, 0.05) is 0 Å². The highest BCUT2D eigenvalue weighted by Gasteiger charge is 2.03. The van der Waals surface area contributed by atoms with Crippen molar-refractivity contribution in [2.75, 3.05) is 13.2 Å². The van der Waals surface area contributed by atoms with Crippen LogP contribution in [0.2, 0.25) is 5.02 Å². The zero-order chi connectivity index (χ0) is 14.4. The first-order chi connectivity index (χ1) is 9.66. The van der Waals surface area contributed by atoms with Gasteiger partial charge in [0.15, 0.2) is 0 Å². The van der Waals surface area contributed by atoms with Crippen LogP contribution in [0.5, 0.6) is 11.5 Å². The smallest absolute Gasteiger partial charge is 0.335 e. The molecule has 0 unspecified atom stereocenters. The van der Waals surface area contributed by atoms with Crippen molar-refractivity contribution in [2.24, 2.45) is 0 Å². The minimum atomic E-state index is -0.960. The maximum Gasteiger partial charge on any atom is 0.335 e. The largest absolute Gasteiger partial charge is 0.490 e. The fourth-order valence-corrected chi connectivity index (χ4v) is 1.76. The van der Waals surface area contributed by atoms with Gasteiger partial charge in [-0.25, -0.2) is 4.79 Å². The highest BCUT2D eigenvalue weighted by molar-refractivity contribution is 6.32. The Balaban J connectivity index is 1.79. The molecule has 0 bridgehead atoms. The van der Waals surface area contributed by atoms with E-state index in [9.17, 15) is 4.79 Å². The second-order valence-electron chi connectivity index (χ2n) is 3.96. The summed E-state index contributed by atoms with van der Waals surface area (Å²) in [6, 6.07) is 13.4. The van der Waals surface area contributed by atoms with E-state index in [1.165, 1.54) is 12.1 Å². The standard InChI is InChI=1S/C15H13ClO4/c16-13-3-1-2-4-14(13)20-10-9-19-12-7-5-11(6-8-12)15(17)18/h1-8H,9-10H2,(H,17,18). The van der Waals surface area contributed by atoms with Crippen molar-refractivity contribution >= 4 is 17.6 Å². The number of carboxylic acid groups (broad SMARTS) is 1. The van der Waals surface area contributed by atoms with E-state index in [0.717, 1.165) is 0 Å². The number of aromatic carboxylic acids is 1. The van der Waals surface area contributed by atoms with E-state index in [1.807, 2.05) is 12.1 Å². The lowest BCUT2D eigenvalue weighted by molar-refractivity contribution is 0.0697. The lowest BCUT2D eigenvalue weighted by Crippen LogP contribution is -2.09. The zero-order valence-corrected chi connectivity index (χ0v) is 11.3.